The third-order valence-corrected chi connectivity index (χ3v) is 5.15. The molecule has 1 aliphatic heterocycles. The number of non-ortho nitro benzene ring substituents is 1. The topological polar surface area (TPSA) is 89.8 Å². The number of hydrogen-bond donors (Lipinski definition) is 0. The molecule has 0 saturated heterocycles. The standard InChI is InChI=1S/C16H16N2O5S/c1-23-13-4-6-14-11(9-13)7-8-17(14)15-5-3-12(18(19)20)10-16(15)24(2,21)22/h3-6,9-10H,7-8H2,1-2H3. The average molecular weight is 348 g/mol. The molecule has 0 atom stereocenters. The second kappa shape index (κ2) is 5.79. The summed E-state index contributed by atoms with van der Waals surface area (Å²) in [6.07, 6.45) is 1.80. The summed E-state index contributed by atoms with van der Waals surface area (Å²) in [5, 5.41) is 11.0. The van der Waals surface area contributed by atoms with Gasteiger partial charge in [0.2, 0.25) is 0 Å². The van der Waals surface area contributed by atoms with E-state index in [1.54, 1.807) is 7.11 Å². The number of methoxy groups -OCH3 is 1. The summed E-state index contributed by atoms with van der Waals surface area (Å²) in [4.78, 5) is 12.2. The number of sulfone groups is 1. The number of ether oxygens (including phenoxy) is 1. The lowest BCUT2D eigenvalue weighted by Crippen LogP contribution is -2.17. The van der Waals surface area contributed by atoms with Gasteiger partial charge in [-0.3, -0.25) is 10.1 Å². The van der Waals surface area contributed by atoms with Gasteiger partial charge in [0, 0.05) is 30.6 Å². The number of rotatable bonds is 4. The molecule has 24 heavy (non-hydrogen) atoms. The molecule has 1 heterocycles. The highest BCUT2D eigenvalue weighted by Crippen LogP contribution is 2.40. The Bertz CT molecular complexity index is 924. The summed E-state index contributed by atoms with van der Waals surface area (Å²) < 4.78 is 29.5. The van der Waals surface area contributed by atoms with Gasteiger partial charge in [-0.15, -0.1) is 0 Å². The van der Waals surface area contributed by atoms with Gasteiger partial charge in [-0.1, -0.05) is 0 Å². The fourth-order valence-electron chi connectivity index (χ4n) is 2.89. The largest absolute Gasteiger partial charge is 0.497 e. The van der Waals surface area contributed by atoms with Crippen LogP contribution in [0, 0.1) is 10.1 Å². The average Bonchev–Trinajstić information content (AvgIpc) is 2.96. The van der Waals surface area contributed by atoms with Crippen LogP contribution in [0.15, 0.2) is 41.3 Å². The maximum atomic E-state index is 12.1. The van der Waals surface area contributed by atoms with Crippen LogP contribution in [0.25, 0.3) is 0 Å². The summed E-state index contributed by atoms with van der Waals surface area (Å²) in [6, 6.07) is 9.53. The summed E-state index contributed by atoms with van der Waals surface area (Å²) in [5.74, 6) is 0.739. The summed E-state index contributed by atoms with van der Waals surface area (Å²) in [6.45, 7) is 0.600. The number of nitro benzene ring substituents is 1. The van der Waals surface area contributed by atoms with Crippen molar-refractivity contribution in [2.45, 2.75) is 11.3 Å². The van der Waals surface area contributed by atoms with Crippen molar-refractivity contribution in [3.8, 4) is 5.75 Å². The first-order chi connectivity index (χ1) is 11.3. The zero-order valence-corrected chi connectivity index (χ0v) is 14.0. The Morgan fingerprint density at radius 3 is 2.50 bits per heavy atom. The number of fused-ring (bicyclic) bond motifs is 1. The zero-order chi connectivity index (χ0) is 17.5. The summed E-state index contributed by atoms with van der Waals surface area (Å²) >= 11 is 0. The fraction of sp³-hybridized carbons (Fsp3) is 0.250. The van der Waals surface area contributed by atoms with E-state index in [9.17, 15) is 18.5 Å². The van der Waals surface area contributed by atoms with E-state index >= 15 is 0 Å². The number of nitrogens with zero attached hydrogens (tertiary/aromatic N) is 2. The maximum Gasteiger partial charge on any atom is 0.270 e. The predicted octanol–water partition coefficient (Wildman–Crippen LogP) is 2.70. The van der Waals surface area contributed by atoms with E-state index in [1.807, 2.05) is 23.1 Å². The van der Waals surface area contributed by atoms with Crippen LogP contribution in [0.4, 0.5) is 17.1 Å². The Morgan fingerprint density at radius 2 is 1.88 bits per heavy atom. The minimum absolute atomic E-state index is 0.0413. The molecule has 0 aliphatic carbocycles. The van der Waals surface area contributed by atoms with E-state index in [-0.39, 0.29) is 10.6 Å². The summed E-state index contributed by atoms with van der Waals surface area (Å²) in [7, 11) is -2.02. The third-order valence-electron chi connectivity index (χ3n) is 4.03. The SMILES string of the molecule is COc1ccc2c(c1)CCN2c1ccc([N+](=O)[O-])cc1S(C)(=O)=O. The van der Waals surface area contributed by atoms with Crippen LogP contribution in [0.5, 0.6) is 5.75 Å². The second-order valence-corrected chi connectivity index (χ2v) is 7.56. The highest BCUT2D eigenvalue weighted by molar-refractivity contribution is 7.90. The van der Waals surface area contributed by atoms with Gasteiger partial charge in [-0.2, -0.15) is 0 Å². The molecule has 0 bridgehead atoms. The Morgan fingerprint density at radius 1 is 1.17 bits per heavy atom. The molecule has 0 aromatic heterocycles. The molecular formula is C16H16N2O5S. The van der Waals surface area contributed by atoms with Crippen LogP contribution < -0.4 is 9.64 Å². The molecule has 7 nitrogen and oxygen atoms in total. The monoisotopic (exact) mass is 348 g/mol. The smallest absolute Gasteiger partial charge is 0.270 e. The van der Waals surface area contributed by atoms with Gasteiger partial charge in [0.15, 0.2) is 9.84 Å². The first-order valence-corrected chi connectivity index (χ1v) is 9.13. The molecule has 3 rings (SSSR count). The Hall–Kier alpha value is -2.61. The van der Waals surface area contributed by atoms with Gasteiger partial charge in [-0.25, -0.2) is 8.42 Å². The van der Waals surface area contributed by atoms with Gasteiger partial charge in [-0.05, 0) is 36.2 Å². The van der Waals surface area contributed by atoms with Gasteiger partial charge < -0.3 is 9.64 Å². The molecule has 126 valence electrons. The normalized spacial score (nSPS) is 13.7. The quantitative estimate of drug-likeness (QED) is 0.623. The van der Waals surface area contributed by atoms with Crippen molar-refractivity contribution in [3.63, 3.8) is 0 Å². The molecule has 0 saturated carbocycles. The van der Waals surface area contributed by atoms with E-state index in [1.165, 1.54) is 12.1 Å². The molecule has 1 aliphatic rings. The van der Waals surface area contributed by atoms with Crippen LogP contribution in [-0.2, 0) is 16.3 Å². The Balaban J connectivity index is 2.14. The van der Waals surface area contributed by atoms with Gasteiger partial charge in [0.1, 0.15) is 5.75 Å². The van der Waals surface area contributed by atoms with Crippen molar-refractivity contribution >= 4 is 26.9 Å². The molecule has 2 aromatic rings. The molecule has 0 spiro atoms. The first-order valence-electron chi connectivity index (χ1n) is 7.24. The van der Waals surface area contributed by atoms with Crippen LogP contribution in [0.3, 0.4) is 0 Å². The molecule has 0 N–H and O–H groups in total. The number of benzene rings is 2. The van der Waals surface area contributed by atoms with Crippen LogP contribution in [-0.4, -0.2) is 33.3 Å². The van der Waals surface area contributed by atoms with Crippen molar-refractivity contribution in [2.24, 2.45) is 0 Å². The molecule has 0 fully saturated rings. The fourth-order valence-corrected chi connectivity index (χ4v) is 3.78. The third kappa shape index (κ3) is 2.80. The molecule has 0 radical (unpaired) electrons. The van der Waals surface area contributed by atoms with Crippen molar-refractivity contribution in [2.75, 3.05) is 24.8 Å². The van der Waals surface area contributed by atoms with Crippen molar-refractivity contribution in [1.82, 2.24) is 0 Å². The van der Waals surface area contributed by atoms with E-state index in [0.717, 1.165) is 35.7 Å². The lowest BCUT2D eigenvalue weighted by atomic mass is 10.1. The lowest BCUT2D eigenvalue weighted by molar-refractivity contribution is -0.385. The van der Waals surface area contributed by atoms with Gasteiger partial charge >= 0.3 is 0 Å². The van der Waals surface area contributed by atoms with E-state index in [2.05, 4.69) is 0 Å². The van der Waals surface area contributed by atoms with Crippen molar-refractivity contribution < 1.29 is 18.1 Å². The number of nitro groups is 1. The zero-order valence-electron chi connectivity index (χ0n) is 13.2. The predicted molar refractivity (Wildman–Crippen MR) is 89.9 cm³/mol. The first kappa shape index (κ1) is 16.3. The van der Waals surface area contributed by atoms with E-state index < -0.39 is 14.8 Å². The molecule has 0 unspecified atom stereocenters. The minimum Gasteiger partial charge on any atom is -0.497 e. The van der Waals surface area contributed by atoms with Crippen LogP contribution in [0.2, 0.25) is 0 Å². The van der Waals surface area contributed by atoms with Gasteiger partial charge in [0.25, 0.3) is 5.69 Å². The van der Waals surface area contributed by atoms with Crippen molar-refractivity contribution in [1.29, 1.82) is 0 Å². The minimum atomic E-state index is -3.61. The molecule has 0 amide bonds. The highest BCUT2D eigenvalue weighted by atomic mass is 32.2. The summed E-state index contributed by atoms with van der Waals surface area (Å²) in [5.41, 5.74) is 2.14. The molecule has 8 heteroatoms. The number of anilines is 2. The van der Waals surface area contributed by atoms with Crippen molar-refractivity contribution in [3.05, 3.63) is 52.1 Å². The lowest BCUT2D eigenvalue weighted by Gasteiger charge is -2.22. The van der Waals surface area contributed by atoms with E-state index in [0.29, 0.717) is 12.2 Å². The molecule has 2 aromatic carbocycles. The Labute approximate surface area is 139 Å². The molecular weight excluding hydrogens is 332 g/mol. The maximum absolute atomic E-state index is 12.1. The van der Waals surface area contributed by atoms with E-state index in [4.69, 9.17) is 4.74 Å². The highest BCUT2D eigenvalue weighted by Gasteiger charge is 2.27. The van der Waals surface area contributed by atoms with Crippen LogP contribution >= 0.6 is 0 Å². The Kier molecular flexibility index (Phi) is 3.92. The van der Waals surface area contributed by atoms with Crippen LogP contribution in [0.1, 0.15) is 5.56 Å². The van der Waals surface area contributed by atoms with Gasteiger partial charge in [0.05, 0.1) is 22.6 Å². The second-order valence-electron chi connectivity index (χ2n) is 5.58. The number of hydrogen-bond acceptors (Lipinski definition) is 6.